The second-order valence-electron chi connectivity index (χ2n) is 4.40. The first-order valence-electron chi connectivity index (χ1n) is 6.07. The van der Waals surface area contributed by atoms with Crippen molar-refractivity contribution in [3.63, 3.8) is 0 Å². The third-order valence-electron chi connectivity index (χ3n) is 2.83. The maximum absolute atomic E-state index is 11.7. The number of rotatable bonds is 4. The fraction of sp³-hybridized carbons (Fsp3) is 0.154. The molecule has 0 aliphatic rings. The van der Waals surface area contributed by atoms with E-state index < -0.39 is 5.91 Å². The number of aryl methyl sites for hydroxylation is 1. The summed E-state index contributed by atoms with van der Waals surface area (Å²) >= 11 is 0. The predicted octanol–water partition coefficient (Wildman–Crippen LogP) is 0.115. The highest BCUT2D eigenvalue weighted by molar-refractivity contribution is 5.85. The first-order chi connectivity index (χ1) is 9.97. The summed E-state index contributed by atoms with van der Waals surface area (Å²) in [6, 6.07) is 3.98. The van der Waals surface area contributed by atoms with Crippen LogP contribution < -0.4 is 11.0 Å². The normalized spacial score (nSPS) is 10.9. The molecular formula is C13H14N4O4. The van der Waals surface area contributed by atoms with Crippen LogP contribution in [0.15, 0.2) is 28.1 Å². The molecule has 0 aliphatic heterocycles. The molecule has 0 radical (unpaired) electrons. The van der Waals surface area contributed by atoms with E-state index in [1.54, 1.807) is 6.92 Å². The summed E-state index contributed by atoms with van der Waals surface area (Å²) in [5.41, 5.74) is 3.18. The smallest absolute Gasteiger partial charge is 0.267 e. The number of aromatic amines is 2. The number of H-pyrrole nitrogens is 2. The lowest BCUT2D eigenvalue weighted by Crippen LogP contribution is -2.23. The van der Waals surface area contributed by atoms with Crippen molar-refractivity contribution in [2.45, 2.75) is 13.3 Å². The van der Waals surface area contributed by atoms with Crippen LogP contribution in [0.2, 0.25) is 0 Å². The number of nitrogens with one attached hydrogen (secondary N) is 3. The number of aromatic nitrogens is 2. The number of carbonyl (C=O) groups excluding carboxylic acids is 1. The molecule has 8 heteroatoms. The Hall–Kier alpha value is -3.03. The van der Waals surface area contributed by atoms with Crippen LogP contribution in [0.1, 0.15) is 16.8 Å². The minimum absolute atomic E-state index is 0.0733. The van der Waals surface area contributed by atoms with Crippen molar-refractivity contribution < 1.29 is 15.0 Å². The van der Waals surface area contributed by atoms with Crippen LogP contribution in [0.4, 0.5) is 0 Å². The van der Waals surface area contributed by atoms with E-state index in [9.17, 15) is 14.7 Å². The quantitative estimate of drug-likeness (QED) is 0.404. The molecule has 1 aromatic carbocycles. The lowest BCUT2D eigenvalue weighted by molar-refractivity contribution is -0.120. The monoisotopic (exact) mass is 290 g/mol. The molecule has 1 amide bonds. The van der Waals surface area contributed by atoms with Crippen LogP contribution in [-0.2, 0) is 11.2 Å². The third-order valence-corrected chi connectivity index (χ3v) is 2.83. The number of phenolic OH excluding ortho intramolecular Hbond substituents is 2. The molecule has 0 spiro atoms. The first-order valence-corrected chi connectivity index (χ1v) is 6.07. The van der Waals surface area contributed by atoms with E-state index in [2.05, 4.69) is 20.7 Å². The average molecular weight is 290 g/mol. The molecule has 110 valence electrons. The first kappa shape index (κ1) is 14.4. The highest BCUT2D eigenvalue weighted by atomic mass is 16.3. The largest absolute Gasteiger partial charge is 0.508 e. The highest BCUT2D eigenvalue weighted by Gasteiger charge is 2.10. The van der Waals surface area contributed by atoms with Gasteiger partial charge in [0.2, 0.25) is 5.91 Å². The molecular weight excluding hydrogens is 276 g/mol. The van der Waals surface area contributed by atoms with E-state index >= 15 is 0 Å². The van der Waals surface area contributed by atoms with Gasteiger partial charge in [-0.15, -0.1) is 0 Å². The van der Waals surface area contributed by atoms with E-state index in [1.807, 2.05) is 0 Å². The summed E-state index contributed by atoms with van der Waals surface area (Å²) in [5.74, 6) is -0.695. The summed E-state index contributed by atoms with van der Waals surface area (Å²) in [6.45, 7) is 1.68. The van der Waals surface area contributed by atoms with Gasteiger partial charge in [0.15, 0.2) is 0 Å². The maximum Gasteiger partial charge on any atom is 0.267 e. The second kappa shape index (κ2) is 5.95. The molecule has 1 heterocycles. The van der Waals surface area contributed by atoms with Crippen molar-refractivity contribution in [2.75, 3.05) is 0 Å². The Labute approximate surface area is 119 Å². The molecule has 0 unspecified atom stereocenters. The number of hydrogen-bond acceptors (Lipinski definition) is 5. The minimum atomic E-state index is -0.460. The Morgan fingerprint density at radius 1 is 1.38 bits per heavy atom. The Balaban J connectivity index is 1.98. The van der Waals surface area contributed by atoms with Crippen molar-refractivity contribution in [2.24, 2.45) is 5.10 Å². The zero-order valence-corrected chi connectivity index (χ0v) is 11.2. The topological polar surface area (TPSA) is 131 Å². The molecule has 0 saturated heterocycles. The Kier molecular flexibility index (Phi) is 4.07. The zero-order valence-electron chi connectivity index (χ0n) is 11.2. The highest BCUT2D eigenvalue weighted by Crippen LogP contribution is 2.20. The summed E-state index contributed by atoms with van der Waals surface area (Å²) in [4.78, 5) is 23.0. The van der Waals surface area contributed by atoms with Crippen molar-refractivity contribution in [3.8, 4) is 11.5 Å². The molecule has 2 rings (SSSR count). The fourth-order valence-corrected chi connectivity index (χ4v) is 1.70. The van der Waals surface area contributed by atoms with Crippen molar-refractivity contribution in [3.05, 3.63) is 45.4 Å². The summed E-state index contributed by atoms with van der Waals surface area (Å²) in [6.07, 6.45) is 1.13. The molecule has 5 N–H and O–H groups in total. The molecule has 21 heavy (non-hydrogen) atoms. The number of benzene rings is 1. The van der Waals surface area contributed by atoms with Gasteiger partial charge in [0.25, 0.3) is 5.56 Å². The van der Waals surface area contributed by atoms with Gasteiger partial charge in [0.05, 0.1) is 12.6 Å². The Morgan fingerprint density at radius 2 is 2.14 bits per heavy atom. The van der Waals surface area contributed by atoms with Gasteiger partial charge in [0.1, 0.15) is 11.5 Å². The SMILES string of the molecule is Cc1[nH][nH]c(=O)c1CC(=O)N/N=C/c1ccc(O)cc1O. The van der Waals surface area contributed by atoms with E-state index in [-0.39, 0.29) is 23.5 Å². The van der Waals surface area contributed by atoms with Gasteiger partial charge in [-0.3, -0.25) is 14.7 Å². The van der Waals surface area contributed by atoms with E-state index in [4.69, 9.17) is 5.11 Å². The summed E-state index contributed by atoms with van der Waals surface area (Å²) in [7, 11) is 0. The fourth-order valence-electron chi connectivity index (χ4n) is 1.70. The number of nitrogens with zero attached hydrogens (tertiary/aromatic N) is 1. The van der Waals surface area contributed by atoms with E-state index in [1.165, 1.54) is 18.3 Å². The number of hydrogen-bond donors (Lipinski definition) is 5. The number of amides is 1. The van der Waals surface area contributed by atoms with Gasteiger partial charge < -0.3 is 15.3 Å². The molecule has 0 bridgehead atoms. The summed E-state index contributed by atoms with van der Waals surface area (Å²) in [5, 5.41) is 27.3. The Morgan fingerprint density at radius 3 is 2.76 bits per heavy atom. The lowest BCUT2D eigenvalue weighted by atomic mass is 10.2. The number of phenols is 2. The minimum Gasteiger partial charge on any atom is -0.508 e. The van der Waals surface area contributed by atoms with E-state index in [0.29, 0.717) is 16.8 Å². The van der Waals surface area contributed by atoms with Gasteiger partial charge >= 0.3 is 0 Å². The molecule has 8 nitrogen and oxygen atoms in total. The average Bonchev–Trinajstić information content (AvgIpc) is 2.73. The van der Waals surface area contributed by atoms with Crippen LogP contribution in [-0.4, -0.2) is 32.5 Å². The molecule has 1 aromatic heterocycles. The lowest BCUT2D eigenvalue weighted by Gasteiger charge is -2.00. The number of aromatic hydroxyl groups is 2. The Bertz CT molecular complexity index is 745. The van der Waals surface area contributed by atoms with Crippen molar-refractivity contribution in [1.29, 1.82) is 0 Å². The van der Waals surface area contributed by atoms with E-state index in [0.717, 1.165) is 6.07 Å². The van der Waals surface area contributed by atoms with Gasteiger partial charge in [-0.05, 0) is 19.1 Å². The molecule has 0 fully saturated rings. The van der Waals surface area contributed by atoms with Crippen LogP contribution in [0.5, 0.6) is 11.5 Å². The maximum atomic E-state index is 11.7. The summed E-state index contributed by atoms with van der Waals surface area (Å²) < 4.78 is 0. The van der Waals surface area contributed by atoms with Gasteiger partial charge in [-0.2, -0.15) is 5.10 Å². The molecule has 2 aromatic rings. The third kappa shape index (κ3) is 3.50. The van der Waals surface area contributed by atoms with Crippen molar-refractivity contribution in [1.82, 2.24) is 15.6 Å². The van der Waals surface area contributed by atoms with Crippen LogP contribution in [0.25, 0.3) is 0 Å². The zero-order chi connectivity index (χ0) is 15.4. The second-order valence-corrected chi connectivity index (χ2v) is 4.40. The molecule has 0 atom stereocenters. The molecule has 0 aliphatic carbocycles. The van der Waals surface area contributed by atoms with Gasteiger partial charge in [0, 0.05) is 22.9 Å². The van der Waals surface area contributed by atoms with Crippen molar-refractivity contribution >= 4 is 12.1 Å². The number of hydrazone groups is 1. The van der Waals surface area contributed by atoms with Crippen LogP contribution in [0.3, 0.4) is 0 Å². The van der Waals surface area contributed by atoms with Crippen LogP contribution in [0, 0.1) is 6.92 Å². The standard InChI is InChI=1S/C13H14N4O4/c1-7-10(13(21)17-15-7)5-12(20)16-14-6-8-2-3-9(18)4-11(8)19/h2-4,6,18-19H,5H2,1H3,(H,16,20)(H2,15,17,21)/b14-6+. The molecule has 0 saturated carbocycles. The van der Waals surface area contributed by atoms with Crippen LogP contribution >= 0.6 is 0 Å². The predicted molar refractivity (Wildman–Crippen MR) is 75.4 cm³/mol. The number of carbonyl (C=O) groups is 1. The van der Waals surface area contributed by atoms with Gasteiger partial charge in [-0.25, -0.2) is 5.43 Å². The van der Waals surface area contributed by atoms with Gasteiger partial charge in [-0.1, -0.05) is 0 Å².